The fourth-order valence-corrected chi connectivity index (χ4v) is 3.02. The van der Waals surface area contributed by atoms with Gasteiger partial charge in [0.2, 0.25) is 0 Å². The van der Waals surface area contributed by atoms with E-state index >= 15 is 0 Å². The van der Waals surface area contributed by atoms with E-state index in [4.69, 9.17) is 9.47 Å². The van der Waals surface area contributed by atoms with Gasteiger partial charge >= 0.3 is 0 Å². The van der Waals surface area contributed by atoms with Crippen molar-refractivity contribution in [3.63, 3.8) is 0 Å². The molecule has 1 aliphatic carbocycles. The Bertz CT molecular complexity index is 481. The standard InChI is InChI=1S/C15H19BrO4/c1-2-19-13-8-11(9-17)7-12(16)14(13)20-10-15(18)5-3-4-6-15/h7-9,18H,2-6,10H2,1H3. The summed E-state index contributed by atoms with van der Waals surface area (Å²) in [5, 5.41) is 10.3. The molecule has 0 heterocycles. The van der Waals surface area contributed by atoms with Crippen LogP contribution in [0, 0.1) is 0 Å². The highest BCUT2D eigenvalue weighted by atomic mass is 79.9. The topological polar surface area (TPSA) is 55.8 Å². The molecule has 2 rings (SSSR count). The largest absolute Gasteiger partial charge is 0.490 e. The summed E-state index contributed by atoms with van der Waals surface area (Å²) in [5.41, 5.74) is -0.223. The Balaban J connectivity index is 2.18. The molecule has 1 N–H and O–H groups in total. The smallest absolute Gasteiger partial charge is 0.175 e. The first-order valence-electron chi connectivity index (χ1n) is 6.85. The molecule has 0 aromatic heterocycles. The van der Waals surface area contributed by atoms with Gasteiger partial charge in [-0.2, -0.15) is 0 Å². The average molecular weight is 343 g/mol. The van der Waals surface area contributed by atoms with Crippen molar-refractivity contribution in [2.75, 3.05) is 13.2 Å². The lowest BCUT2D eigenvalue weighted by atomic mass is 10.0. The van der Waals surface area contributed by atoms with Crippen LogP contribution in [0.2, 0.25) is 0 Å². The number of carbonyl (C=O) groups excluding carboxylic acids is 1. The third-order valence-electron chi connectivity index (χ3n) is 3.49. The van der Waals surface area contributed by atoms with Gasteiger partial charge in [-0.25, -0.2) is 0 Å². The molecule has 1 aromatic rings. The molecule has 1 fully saturated rings. The van der Waals surface area contributed by atoms with Crippen LogP contribution in [-0.4, -0.2) is 30.2 Å². The van der Waals surface area contributed by atoms with Gasteiger partial charge in [0.25, 0.3) is 0 Å². The number of halogens is 1. The molecule has 20 heavy (non-hydrogen) atoms. The van der Waals surface area contributed by atoms with Gasteiger partial charge in [-0.15, -0.1) is 0 Å². The summed E-state index contributed by atoms with van der Waals surface area (Å²) in [5.74, 6) is 1.06. The van der Waals surface area contributed by atoms with Crippen LogP contribution in [0.3, 0.4) is 0 Å². The minimum Gasteiger partial charge on any atom is -0.490 e. The van der Waals surface area contributed by atoms with Crippen molar-refractivity contribution in [3.8, 4) is 11.5 Å². The van der Waals surface area contributed by atoms with Crippen molar-refractivity contribution >= 4 is 22.2 Å². The van der Waals surface area contributed by atoms with Crippen LogP contribution in [-0.2, 0) is 0 Å². The predicted molar refractivity (Wildman–Crippen MR) is 79.6 cm³/mol. The number of aldehydes is 1. The van der Waals surface area contributed by atoms with E-state index in [0.717, 1.165) is 32.0 Å². The summed E-state index contributed by atoms with van der Waals surface area (Å²) in [6.45, 7) is 2.59. The van der Waals surface area contributed by atoms with Crippen molar-refractivity contribution in [1.29, 1.82) is 0 Å². The van der Waals surface area contributed by atoms with Gasteiger partial charge in [-0.1, -0.05) is 12.8 Å². The Morgan fingerprint density at radius 3 is 2.65 bits per heavy atom. The molecule has 0 spiro atoms. The van der Waals surface area contributed by atoms with E-state index < -0.39 is 5.60 Å². The SMILES string of the molecule is CCOc1cc(C=O)cc(Br)c1OCC1(O)CCCC1. The molecule has 0 saturated heterocycles. The van der Waals surface area contributed by atoms with Crippen LogP contribution >= 0.6 is 15.9 Å². The second-order valence-corrected chi connectivity index (χ2v) is 5.96. The maximum Gasteiger partial charge on any atom is 0.175 e. The molecule has 0 atom stereocenters. The maximum atomic E-state index is 10.9. The van der Waals surface area contributed by atoms with E-state index in [1.165, 1.54) is 0 Å². The zero-order chi connectivity index (χ0) is 14.6. The van der Waals surface area contributed by atoms with E-state index in [9.17, 15) is 9.90 Å². The Hall–Kier alpha value is -1.07. The fraction of sp³-hybridized carbons (Fsp3) is 0.533. The number of aliphatic hydroxyl groups is 1. The number of ether oxygens (including phenoxy) is 2. The summed E-state index contributed by atoms with van der Waals surface area (Å²) < 4.78 is 11.9. The summed E-state index contributed by atoms with van der Waals surface area (Å²) in [6, 6.07) is 3.33. The van der Waals surface area contributed by atoms with Crippen LogP contribution in [0.5, 0.6) is 11.5 Å². The van der Waals surface area contributed by atoms with Gasteiger partial charge in [0.15, 0.2) is 11.5 Å². The Morgan fingerprint density at radius 1 is 1.35 bits per heavy atom. The van der Waals surface area contributed by atoms with Crippen LogP contribution in [0.15, 0.2) is 16.6 Å². The number of carbonyl (C=O) groups is 1. The average Bonchev–Trinajstić information content (AvgIpc) is 2.85. The fourth-order valence-electron chi connectivity index (χ4n) is 2.44. The third-order valence-corrected chi connectivity index (χ3v) is 4.08. The quantitative estimate of drug-likeness (QED) is 0.805. The molecular weight excluding hydrogens is 324 g/mol. The van der Waals surface area contributed by atoms with Crippen LogP contribution in [0.1, 0.15) is 43.0 Å². The number of rotatable bonds is 6. The highest BCUT2D eigenvalue weighted by Crippen LogP contribution is 2.38. The lowest BCUT2D eigenvalue weighted by molar-refractivity contribution is 0.000361. The molecular formula is C15H19BrO4. The van der Waals surface area contributed by atoms with Gasteiger partial charge in [-0.3, -0.25) is 4.79 Å². The minimum atomic E-state index is -0.744. The lowest BCUT2D eigenvalue weighted by Gasteiger charge is -2.23. The van der Waals surface area contributed by atoms with Gasteiger partial charge in [0.1, 0.15) is 12.9 Å². The number of benzene rings is 1. The van der Waals surface area contributed by atoms with Crippen LogP contribution < -0.4 is 9.47 Å². The van der Waals surface area contributed by atoms with Crippen LogP contribution in [0.25, 0.3) is 0 Å². The molecule has 0 bridgehead atoms. The van der Waals surface area contributed by atoms with E-state index in [2.05, 4.69) is 15.9 Å². The van der Waals surface area contributed by atoms with Crippen molar-refractivity contribution in [2.45, 2.75) is 38.2 Å². The third kappa shape index (κ3) is 3.52. The monoisotopic (exact) mass is 342 g/mol. The first-order valence-corrected chi connectivity index (χ1v) is 7.64. The van der Waals surface area contributed by atoms with Crippen LogP contribution in [0.4, 0.5) is 0 Å². The van der Waals surface area contributed by atoms with Gasteiger partial charge < -0.3 is 14.6 Å². The Labute approximate surface area is 127 Å². The van der Waals surface area contributed by atoms with Gasteiger partial charge in [0.05, 0.1) is 16.7 Å². The van der Waals surface area contributed by atoms with Crippen molar-refractivity contribution in [2.24, 2.45) is 0 Å². The molecule has 0 radical (unpaired) electrons. The van der Waals surface area contributed by atoms with E-state index in [1.54, 1.807) is 12.1 Å². The molecule has 0 amide bonds. The van der Waals surface area contributed by atoms with Crippen molar-refractivity contribution in [1.82, 2.24) is 0 Å². The number of hydrogen-bond donors (Lipinski definition) is 1. The first-order chi connectivity index (χ1) is 9.58. The zero-order valence-electron chi connectivity index (χ0n) is 11.5. The summed E-state index contributed by atoms with van der Waals surface area (Å²) >= 11 is 3.39. The second kappa shape index (κ2) is 6.59. The maximum absolute atomic E-state index is 10.9. The first kappa shape index (κ1) is 15.3. The summed E-state index contributed by atoms with van der Waals surface area (Å²) in [7, 11) is 0. The number of hydrogen-bond acceptors (Lipinski definition) is 4. The zero-order valence-corrected chi connectivity index (χ0v) is 13.1. The molecule has 5 heteroatoms. The van der Waals surface area contributed by atoms with E-state index in [-0.39, 0.29) is 6.61 Å². The second-order valence-electron chi connectivity index (χ2n) is 5.10. The molecule has 4 nitrogen and oxygen atoms in total. The summed E-state index contributed by atoms with van der Waals surface area (Å²) in [6.07, 6.45) is 4.36. The van der Waals surface area contributed by atoms with Crippen molar-refractivity contribution in [3.05, 3.63) is 22.2 Å². The molecule has 1 saturated carbocycles. The van der Waals surface area contributed by atoms with Gasteiger partial charge in [0, 0.05) is 5.56 Å². The summed E-state index contributed by atoms with van der Waals surface area (Å²) in [4.78, 5) is 10.9. The predicted octanol–water partition coefficient (Wildman–Crippen LogP) is 3.34. The molecule has 0 aliphatic heterocycles. The Morgan fingerprint density at radius 2 is 2.05 bits per heavy atom. The molecule has 110 valence electrons. The lowest BCUT2D eigenvalue weighted by Crippen LogP contribution is -2.32. The molecule has 1 aromatic carbocycles. The molecule has 1 aliphatic rings. The minimum absolute atomic E-state index is 0.242. The highest BCUT2D eigenvalue weighted by molar-refractivity contribution is 9.10. The van der Waals surface area contributed by atoms with E-state index in [0.29, 0.717) is 28.1 Å². The van der Waals surface area contributed by atoms with E-state index in [1.807, 2.05) is 6.92 Å². The molecule has 0 unspecified atom stereocenters. The normalized spacial score (nSPS) is 16.9. The highest BCUT2D eigenvalue weighted by Gasteiger charge is 2.32. The van der Waals surface area contributed by atoms with Crippen molar-refractivity contribution < 1.29 is 19.4 Å². The Kier molecular flexibility index (Phi) is 5.05. The van der Waals surface area contributed by atoms with Gasteiger partial charge in [-0.05, 0) is 47.8 Å².